The van der Waals surface area contributed by atoms with Crippen molar-refractivity contribution in [2.24, 2.45) is 0 Å². The number of unbranched alkanes of at least 4 members (excludes halogenated alkanes) is 1. The van der Waals surface area contributed by atoms with Crippen molar-refractivity contribution in [1.82, 2.24) is 9.55 Å². The second-order valence-electron chi connectivity index (χ2n) is 8.62. The average Bonchev–Trinajstić information content (AvgIpc) is 2.70. The number of benzene rings is 1. The van der Waals surface area contributed by atoms with Crippen LogP contribution in [0.5, 0.6) is 5.75 Å². The molecule has 8 heteroatoms. The Kier molecular flexibility index (Phi) is 7.70. The number of ether oxygens (including phenoxy) is 1. The Morgan fingerprint density at radius 3 is 2.32 bits per heavy atom. The van der Waals surface area contributed by atoms with Crippen molar-refractivity contribution in [3.05, 3.63) is 50.7 Å². The van der Waals surface area contributed by atoms with E-state index in [9.17, 15) is 14.4 Å². The topological polar surface area (TPSA) is 110 Å². The molecule has 0 spiro atoms. The molecule has 0 aliphatic carbocycles. The second kappa shape index (κ2) is 9.85. The smallest absolute Gasteiger partial charge is 0.330 e. The van der Waals surface area contributed by atoms with E-state index < -0.39 is 23.3 Å². The van der Waals surface area contributed by atoms with E-state index >= 15 is 0 Å². The molecule has 3 N–H and O–H groups in total. The Labute approximate surface area is 183 Å². The molecule has 0 radical (unpaired) electrons. The van der Waals surface area contributed by atoms with Crippen LogP contribution >= 0.6 is 0 Å². The first-order chi connectivity index (χ1) is 14.5. The summed E-state index contributed by atoms with van der Waals surface area (Å²) in [6.07, 6.45) is 0.727. The van der Waals surface area contributed by atoms with Gasteiger partial charge in [-0.3, -0.25) is 19.1 Å². The molecule has 1 heterocycles. The third-order valence-electron chi connectivity index (χ3n) is 5.18. The summed E-state index contributed by atoms with van der Waals surface area (Å²) in [5.41, 5.74) is 6.03. The lowest BCUT2D eigenvalue weighted by Gasteiger charge is -2.26. The van der Waals surface area contributed by atoms with Crippen LogP contribution in [0.2, 0.25) is 0 Å². The van der Waals surface area contributed by atoms with Crippen LogP contribution in [0.4, 0.5) is 11.5 Å². The molecular formula is C23H34N4O4. The molecule has 0 saturated carbocycles. The van der Waals surface area contributed by atoms with Crippen LogP contribution in [0.3, 0.4) is 0 Å². The van der Waals surface area contributed by atoms with Gasteiger partial charge in [0.05, 0.1) is 0 Å². The summed E-state index contributed by atoms with van der Waals surface area (Å²) in [6, 6.07) is 7.59. The van der Waals surface area contributed by atoms with Gasteiger partial charge >= 0.3 is 5.69 Å². The number of nitrogen functional groups attached to an aromatic ring is 1. The van der Waals surface area contributed by atoms with E-state index in [2.05, 4.69) is 25.8 Å². The molecule has 0 aliphatic heterocycles. The Hall–Kier alpha value is -3.03. The first-order valence-corrected chi connectivity index (χ1v) is 10.7. The number of hydrogen-bond donors (Lipinski definition) is 2. The van der Waals surface area contributed by atoms with E-state index in [0.29, 0.717) is 12.3 Å². The fraction of sp³-hybridized carbons (Fsp3) is 0.522. The first-order valence-electron chi connectivity index (χ1n) is 10.7. The largest absolute Gasteiger partial charge is 0.481 e. The molecule has 2 rings (SSSR count). The molecule has 1 atom stereocenters. The number of carbonyl (C=O) groups is 1. The lowest BCUT2D eigenvalue weighted by molar-refractivity contribution is -0.124. The van der Waals surface area contributed by atoms with Crippen LogP contribution in [0.1, 0.15) is 59.9 Å². The fourth-order valence-electron chi connectivity index (χ4n) is 3.31. The molecule has 1 unspecified atom stereocenters. The summed E-state index contributed by atoms with van der Waals surface area (Å²) >= 11 is 0. The molecule has 1 aromatic heterocycles. The molecule has 0 aliphatic rings. The number of hydrogen-bond acceptors (Lipinski definition) is 5. The maximum absolute atomic E-state index is 13.1. The van der Waals surface area contributed by atoms with Gasteiger partial charge in [-0.05, 0) is 43.4 Å². The normalized spacial score (nSPS) is 12.5. The van der Waals surface area contributed by atoms with Gasteiger partial charge in [-0.25, -0.2) is 4.79 Å². The number of anilines is 2. The SMILES string of the molecule is CCCCn1c(N)c(N(CC)C(=O)C(C)Oc2ccc(C(C)(C)C)cc2)c(=O)[nH]c1=O. The van der Waals surface area contributed by atoms with Crippen LogP contribution in [-0.4, -0.2) is 28.1 Å². The highest BCUT2D eigenvalue weighted by atomic mass is 16.5. The monoisotopic (exact) mass is 430 g/mol. The number of rotatable bonds is 8. The lowest BCUT2D eigenvalue weighted by Crippen LogP contribution is -2.45. The number of nitrogens with one attached hydrogen (secondary N) is 1. The van der Waals surface area contributed by atoms with Gasteiger partial charge < -0.3 is 15.4 Å². The number of nitrogens with two attached hydrogens (primary N) is 1. The first kappa shape index (κ1) is 24.2. The van der Waals surface area contributed by atoms with Gasteiger partial charge in [0.15, 0.2) is 11.8 Å². The van der Waals surface area contributed by atoms with Gasteiger partial charge in [-0.15, -0.1) is 0 Å². The summed E-state index contributed by atoms with van der Waals surface area (Å²) in [5.74, 6) is 0.124. The van der Waals surface area contributed by atoms with E-state index in [1.807, 2.05) is 31.2 Å². The van der Waals surface area contributed by atoms with E-state index in [4.69, 9.17) is 10.5 Å². The Bertz CT molecular complexity index is 1020. The van der Waals surface area contributed by atoms with E-state index in [1.165, 1.54) is 9.47 Å². The van der Waals surface area contributed by atoms with E-state index in [0.717, 1.165) is 18.4 Å². The van der Waals surface area contributed by atoms with Gasteiger partial charge in [0.25, 0.3) is 11.5 Å². The van der Waals surface area contributed by atoms with Crippen molar-refractivity contribution in [2.75, 3.05) is 17.2 Å². The van der Waals surface area contributed by atoms with Crippen LogP contribution < -0.4 is 26.6 Å². The maximum atomic E-state index is 13.1. The van der Waals surface area contributed by atoms with Crippen LogP contribution in [-0.2, 0) is 16.8 Å². The summed E-state index contributed by atoms with van der Waals surface area (Å²) in [6.45, 7) is 12.3. The molecule has 1 amide bonds. The zero-order valence-electron chi connectivity index (χ0n) is 19.3. The Balaban J connectivity index is 2.31. The number of aromatic amines is 1. The minimum atomic E-state index is -0.852. The maximum Gasteiger partial charge on any atom is 0.330 e. The van der Waals surface area contributed by atoms with Crippen molar-refractivity contribution >= 4 is 17.4 Å². The number of carbonyl (C=O) groups excluding carboxylic acids is 1. The Morgan fingerprint density at radius 2 is 1.81 bits per heavy atom. The number of amides is 1. The minimum absolute atomic E-state index is 0.0123. The van der Waals surface area contributed by atoms with Gasteiger partial charge in [-0.2, -0.15) is 0 Å². The van der Waals surface area contributed by atoms with E-state index in [-0.39, 0.29) is 23.5 Å². The average molecular weight is 431 g/mol. The zero-order chi connectivity index (χ0) is 23.3. The van der Waals surface area contributed by atoms with Gasteiger partial charge in [0.2, 0.25) is 0 Å². The van der Waals surface area contributed by atoms with E-state index in [1.54, 1.807) is 13.8 Å². The standard InChI is InChI=1S/C23H34N4O4/c1-7-9-14-27-19(24)18(20(28)25-22(27)30)26(8-2)21(29)15(3)31-17-12-10-16(11-13-17)23(4,5)6/h10-13,15H,7-9,14,24H2,1-6H3,(H,25,28,30). The minimum Gasteiger partial charge on any atom is -0.481 e. The molecule has 0 fully saturated rings. The van der Waals surface area contributed by atoms with Gasteiger partial charge in [0, 0.05) is 13.1 Å². The lowest BCUT2D eigenvalue weighted by atomic mass is 9.87. The molecular weight excluding hydrogens is 396 g/mol. The molecule has 0 saturated heterocycles. The quantitative estimate of drug-likeness (QED) is 0.669. The summed E-state index contributed by atoms with van der Waals surface area (Å²) in [5, 5.41) is 0. The Morgan fingerprint density at radius 1 is 1.19 bits per heavy atom. The highest BCUT2D eigenvalue weighted by Gasteiger charge is 2.27. The molecule has 8 nitrogen and oxygen atoms in total. The third-order valence-corrected chi connectivity index (χ3v) is 5.18. The summed E-state index contributed by atoms with van der Waals surface area (Å²) < 4.78 is 7.13. The zero-order valence-corrected chi connectivity index (χ0v) is 19.3. The van der Waals surface area contributed by atoms with Crippen molar-refractivity contribution in [2.45, 2.75) is 72.4 Å². The highest BCUT2D eigenvalue weighted by molar-refractivity contribution is 5.98. The van der Waals surface area contributed by atoms with Crippen molar-refractivity contribution < 1.29 is 9.53 Å². The number of aromatic nitrogens is 2. The molecule has 1 aromatic carbocycles. The number of nitrogens with zero attached hydrogens (tertiary/aromatic N) is 2. The number of likely N-dealkylation sites (N-methyl/N-ethyl adjacent to an activating group) is 1. The van der Waals surface area contributed by atoms with Gasteiger partial charge in [-0.1, -0.05) is 46.2 Å². The molecule has 170 valence electrons. The summed E-state index contributed by atoms with van der Waals surface area (Å²) in [4.78, 5) is 41.4. The van der Waals surface area contributed by atoms with Crippen molar-refractivity contribution in [3.63, 3.8) is 0 Å². The third kappa shape index (κ3) is 5.57. The number of H-pyrrole nitrogens is 1. The fourth-order valence-corrected chi connectivity index (χ4v) is 3.31. The van der Waals surface area contributed by atoms with Crippen molar-refractivity contribution in [3.8, 4) is 5.75 Å². The molecule has 31 heavy (non-hydrogen) atoms. The molecule has 0 bridgehead atoms. The van der Waals surface area contributed by atoms with Gasteiger partial charge in [0.1, 0.15) is 11.6 Å². The van der Waals surface area contributed by atoms with Crippen LogP contribution in [0, 0.1) is 0 Å². The predicted molar refractivity (Wildman–Crippen MR) is 124 cm³/mol. The van der Waals surface area contributed by atoms with Crippen LogP contribution in [0.15, 0.2) is 33.9 Å². The second-order valence-corrected chi connectivity index (χ2v) is 8.62. The van der Waals surface area contributed by atoms with Crippen molar-refractivity contribution in [1.29, 1.82) is 0 Å². The molecule has 2 aromatic rings. The van der Waals surface area contributed by atoms with Crippen LogP contribution in [0.25, 0.3) is 0 Å². The predicted octanol–water partition coefficient (Wildman–Crippen LogP) is 3.04. The highest BCUT2D eigenvalue weighted by Crippen LogP contribution is 2.25. The summed E-state index contributed by atoms with van der Waals surface area (Å²) in [7, 11) is 0.